The number of aryl methyl sites for hydroxylation is 1. The summed E-state index contributed by atoms with van der Waals surface area (Å²) < 4.78 is 7.46. The summed E-state index contributed by atoms with van der Waals surface area (Å²) in [5, 5.41) is 2.52. The highest BCUT2D eigenvalue weighted by atomic mass is 16.5. The van der Waals surface area contributed by atoms with E-state index in [4.69, 9.17) is 4.74 Å². The number of hydrogen-bond acceptors (Lipinski definition) is 6. The number of nitrogens with one attached hydrogen (secondary N) is 1. The molecule has 6 rings (SSSR count). The summed E-state index contributed by atoms with van der Waals surface area (Å²) in [6.07, 6.45) is 1.91. The van der Waals surface area contributed by atoms with Gasteiger partial charge in [-0.25, -0.2) is 9.69 Å². The second-order valence-electron chi connectivity index (χ2n) is 11.6. The first kappa shape index (κ1) is 27.9. The summed E-state index contributed by atoms with van der Waals surface area (Å²) in [6.45, 7) is 6.53. The number of fused-ring (bicyclic) bond motifs is 4. The average Bonchev–Trinajstić information content (AvgIpc) is 2.98. The molecule has 2 saturated heterocycles. The molecule has 0 saturated carbocycles. The molecule has 4 amide bonds. The van der Waals surface area contributed by atoms with Crippen molar-refractivity contribution >= 4 is 23.5 Å². The Morgan fingerprint density at radius 2 is 1.62 bits per heavy atom. The molecular weight excluding hydrogens is 532 g/mol. The van der Waals surface area contributed by atoms with Gasteiger partial charge < -0.3 is 14.2 Å². The van der Waals surface area contributed by atoms with E-state index in [1.54, 1.807) is 24.3 Å². The molecule has 2 fully saturated rings. The molecule has 9 heteroatoms. The summed E-state index contributed by atoms with van der Waals surface area (Å²) in [5.41, 5.74) is 1.78. The number of anilines is 1. The van der Waals surface area contributed by atoms with Gasteiger partial charge in [-0.15, -0.1) is 0 Å². The van der Waals surface area contributed by atoms with Crippen LogP contribution in [-0.2, 0) is 29.0 Å². The standard InChI is InChI=1S/C33H36N4O5/c1-3-22-8-12-26(13-9-22)37-31(40)33(30(39)34-32(37)41,17-23-10-14-27(15-11-23)42-4-2)21-35-18-24-16-25(20-35)28-6-5-7-29(38)36(28)19-24/h5-15,24-25H,3-4,16-21H2,1-2H3,(H,34,39,41)/t24-,25-,33-/m0/s1. The molecule has 0 spiro atoms. The second kappa shape index (κ2) is 11.2. The monoisotopic (exact) mass is 568 g/mol. The number of piperidine rings is 1. The molecule has 4 heterocycles. The van der Waals surface area contributed by atoms with E-state index in [1.165, 1.54) is 0 Å². The first-order valence-electron chi connectivity index (χ1n) is 14.7. The Bertz CT molecular complexity index is 1560. The van der Waals surface area contributed by atoms with Crippen LogP contribution in [0.5, 0.6) is 5.75 Å². The first-order chi connectivity index (χ1) is 20.3. The Hall–Kier alpha value is -4.24. The molecule has 9 nitrogen and oxygen atoms in total. The maximum absolute atomic E-state index is 14.5. The van der Waals surface area contributed by atoms with Crippen LogP contribution in [0.15, 0.2) is 71.5 Å². The fourth-order valence-electron chi connectivity index (χ4n) is 6.87. The minimum atomic E-state index is -1.54. The van der Waals surface area contributed by atoms with Crippen LogP contribution in [0, 0.1) is 11.3 Å². The van der Waals surface area contributed by atoms with Gasteiger partial charge in [0.1, 0.15) is 11.2 Å². The van der Waals surface area contributed by atoms with Crippen LogP contribution in [0.4, 0.5) is 10.5 Å². The fourth-order valence-corrected chi connectivity index (χ4v) is 6.87. The van der Waals surface area contributed by atoms with Crippen molar-refractivity contribution in [2.45, 2.75) is 45.6 Å². The van der Waals surface area contributed by atoms with Crippen LogP contribution in [-0.4, -0.2) is 53.6 Å². The van der Waals surface area contributed by atoms with Gasteiger partial charge in [0.25, 0.3) is 11.5 Å². The van der Waals surface area contributed by atoms with E-state index in [1.807, 2.05) is 60.9 Å². The van der Waals surface area contributed by atoms with Crippen LogP contribution >= 0.6 is 0 Å². The van der Waals surface area contributed by atoms with Crippen molar-refractivity contribution in [2.75, 3.05) is 31.1 Å². The highest BCUT2D eigenvalue weighted by molar-refractivity contribution is 6.30. The molecule has 3 aromatic rings. The van der Waals surface area contributed by atoms with Crippen LogP contribution in [0.25, 0.3) is 0 Å². The van der Waals surface area contributed by atoms with Gasteiger partial charge in [0.2, 0.25) is 5.91 Å². The summed E-state index contributed by atoms with van der Waals surface area (Å²) in [6, 6.07) is 19.4. The number of urea groups is 1. The molecular formula is C33H36N4O5. The number of pyridine rings is 1. The van der Waals surface area contributed by atoms with Crippen molar-refractivity contribution in [1.82, 2.24) is 14.8 Å². The van der Waals surface area contributed by atoms with Crippen LogP contribution in [0.1, 0.15) is 43.0 Å². The molecule has 3 atom stereocenters. The van der Waals surface area contributed by atoms with Crippen LogP contribution in [0.2, 0.25) is 0 Å². The molecule has 42 heavy (non-hydrogen) atoms. The Balaban J connectivity index is 1.36. The molecule has 0 aliphatic carbocycles. The third kappa shape index (κ3) is 5.02. The predicted molar refractivity (Wildman–Crippen MR) is 159 cm³/mol. The number of carbonyl (C=O) groups excluding carboxylic acids is 3. The Morgan fingerprint density at radius 3 is 2.33 bits per heavy atom. The normalized spacial score (nSPS) is 23.9. The number of imide groups is 2. The smallest absolute Gasteiger partial charge is 0.335 e. The van der Waals surface area contributed by atoms with E-state index in [0.29, 0.717) is 37.7 Å². The van der Waals surface area contributed by atoms with Crippen molar-refractivity contribution in [2.24, 2.45) is 11.3 Å². The lowest BCUT2D eigenvalue weighted by atomic mass is 9.75. The minimum Gasteiger partial charge on any atom is -0.494 e. The maximum Gasteiger partial charge on any atom is 0.335 e. The van der Waals surface area contributed by atoms with E-state index < -0.39 is 23.3 Å². The number of carbonyl (C=O) groups is 3. The highest BCUT2D eigenvalue weighted by Gasteiger charge is 2.55. The number of ether oxygens (including phenoxy) is 1. The van der Waals surface area contributed by atoms with E-state index in [-0.39, 0.29) is 30.4 Å². The lowest BCUT2D eigenvalue weighted by molar-refractivity contribution is -0.144. The Labute approximate surface area is 245 Å². The Morgan fingerprint density at radius 1 is 0.881 bits per heavy atom. The van der Waals surface area contributed by atoms with Gasteiger partial charge in [0, 0.05) is 43.9 Å². The SMILES string of the molecule is CCOc1ccc(C[C@]2(CN3C[C@@H]4C[C@@H](C3)c3cccc(=O)n3C4)C(=O)NC(=O)N(c3ccc(CC)cc3)C2=O)cc1. The van der Waals surface area contributed by atoms with Crippen molar-refractivity contribution in [3.63, 3.8) is 0 Å². The average molecular weight is 569 g/mol. The summed E-state index contributed by atoms with van der Waals surface area (Å²) in [5.74, 6) is -0.0582. The number of aromatic nitrogens is 1. The van der Waals surface area contributed by atoms with Gasteiger partial charge in [-0.2, -0.15) is 0 Å². The number of nitrogens with zero attached hydrogens (tertiary/aromatic N) is 3. The lowest BCUT2D eigenvalue weighted by Crippen LogP contribution is -2.68. The van der Waals surface area contributed by atoms with Gasteiger partial charge in [0.05, 0.1) is 12.3 Å². The third-order valence-corrected chi connectivity index (χ3v) is 8.86. The molecule has 1 N–H and O–H groups in total. The zero-order valence-electron chi connectivity index (χ0n) is 24.0. The lowest BCUT2D eigenvalue weighted by Gasteiger charge is -2.47. The molecule has 218 valence electrons. The molecule has 0 unspecified atom stereocenters. The maximum atomic E-state index is 14.5. The minimum absolute atomic E-state index is 0.00713. The number of hydrogen-bond donors (Lipinski definition) is 1. The fraction of sp³-hybridized carbons (Fsp3) is 0.394. The topological polar surface area (TPSA) is 101 Å². The van der Waals surface area contributed by atoms with Gasteiger partial charge in [-0.1, -0.05) is 37.3 Å². The molecule has 1 aromatic heterocycles. The van der Waals surface area contributed by atoms with E-state index in [9.17, 15) is 19.2 Å². The number of rotatable bonds is 8. The molecule has 3 aliphatic heterocycles. The number of benzene rings is 2. The zero-order chi connectivity index (χ0) is 29.4. The first-order valence-corrected chi connectivity index (χ1v) is 14.7. The Kier molecular flexibility index (Phi) is 7.45. The molecule has 0 radical (unpaired) electrons. The summed E-state index contributed by atoms with van der Waals surface area (Å²) in [4.78, 5) is 57.4. The number of barbiturate groups is 1. The van der Waals surface area contributed by atoms with E-state index in [0.717, 1.165) is 34.6 Å². The van der Waals surface area contributed by atoms with E-state index >= 15 is 0 Å². The van der Waals surface area contributed by atoms with Crippen LogP contribution < -0.4 is 20.5 Å². The van der Waals surface area contributed by atoms with Gasteiger partial charge in [-0.3, -0.25) is 19.7 Å². The third-order valence-electron chi connectivity index (χ3n) is 8.86. The number of amides is 4. The molecule has 3 aliphatic rings. The molecule has 2 aromatic carbocycles. The number of likely N-dealkylation sites (tertiary alicyclic amines) is 1. The van der Waals surface area contributed by atoms with Gasteiger partial charge in [-0.05, 0) is 73.6 Å². The van der Waals surface area contributed by atoms with Crippen LogP contribution in [0.3, 0.4) is 0 Å². The highest BCUT2D eigenvalue weighted by Crippen LogP contribution is 2.39. The van der Waals surface area contributed by atoms with Crippen molar-refractivity contribution < 1.29 is 19.1 Å². The summed E-state index contributed by atoms with van der Waals surface area (Å²) in [7, 11) is 0. The largest absolute Gasteiger partial charge is 0.494 e. The van der Waals surface area contributed by atoms with Crippen molar-refractivity contribution in [1.29, 1.82) is 0 Å². The van der Waals surface area contributed by atoms with Gasteiger partial charge in [0.15, 0.2) is 0 Å². The second-order valence-corrected chi connectivity index (χ2v) is 11.6. The predicted octanol–water partition coefficient (Wildman–Crippen LogP) is 3.74. The van der Waals surface area contributed by atoms with Crippen molar-refractivity contribution in [3.8, 4) is 5.75 Å². The zero-order valence-corrected chi connectivity index (χ0v) is 24.0. The van der Waals surface area contributed by atoms with Gasteiger partial charge >= 0.3 is 6.03 Å². The summed E-state index contributed by atoms with van der Waals surface area (Å²) >= 11 is 0. The molecule has 2 bridgehead atoms. The van der Waals surface area contributed by atoms with E-state index in [2.05, 4.69) is 10.2 Å². The quantitative estimate of drug-likeness (QED) is 0.416. The van der Waals surface area contributed by atoms with Crippen molar-refractivity contribution in [3.05, 3.63) is 93.9 Å².